The molecule has 0 aliphatic carbocycles. The quantitative estimate of drug-likeness (QED) is 0.646. The van der Waals surface area contributed by atoms with Crippen LogP contribution in [0.2, 0.25) is 5.02 Å². The van der Waals surface area contributed by atoms with Crippen LogP contribution in [0.1, 0.15) is 47.5 Å². The van der Waals surface area contributed by atoms with Crippen LogP contribution in [0.25, 0.3) is 0 Å². The van der Waals surface area contributed by atoms with Crippen LogP contribution in [0.5, 0.6) is 5.75 Å². The topological polar surface area (TPSA) is 69.3 Å². The molecule has 0 saturated carbocycles. The van der Waals surface area contributed by atoms with Gasteiger partial charge in [-0.1, -0.05) is 11.6 Å². The number of aromatic nitrogens is 2. The summed E-state index contributed by atoms with van der Waals surface area (Å²) in [5, 5.41) is 7.84. The summed E-state index contributed by atoms with van der Waals surface area (Å²) in [4.78, 5) is 12.4. The number of carbonyl (C=O) groups excluding carboxylic acids is 1. The average molecular weight is 388 g/mol. The summed E-state index contributed by atoms with van der Waals surface area (Å²) < 4.78 is 13.2. The molecular formula is C20H22ClN3O3. The first-order valence-electron chi connectivity index (χ1n) is 8.78. The average Bonchev–Trinajstić information content (AvgIpc) is 3.31. The van der Waals surface area contributed by atoms with E-state index in [-0.39, 0.29) is 24.3 Å². The van der Waals surface area contributed by atoms with Crippen molar-refractivity contribution in [3.8, 4) is 5.75 Å². The Morgan fingerprint density at radius 3 is 2.89 bits per heavy atom. The summed E-state index contributed by atoms with van der Waals surface area (Å²) in [6.45, 7) is 6.81. The van der Waals surface area contributed by atoms with Gasteiger partial charge in [0.05, 0.1) is 11.7 Å². The molecule has 0 aliphatic rings. The summed E-state index contributed by atoms with van der Waals surface area (Å²) >= 11 is 6.01. The Kier molecular flexibility index (Phi) is 5.86. The largest absolute Gasteiger partial charge is 0.486 e. The molecular weight excluding hydrogens is 366 g/mol. The molecule has 6 nitrogen and oxygen atoms in total. The van der Waals surface area contributed by atoms with Crippen molar-refractivity contribution in [2.45, 2.75) is 40.0 Å². The van der Waals surface area contributed by atoms with Gasteiger partial charge in [-0.25, -0.2) is 0 Å². The molecule has 1 unspecified atom stereocenters. The SMILES string of the molecule is CCn1nccc1C(C)NC(=O)c1ccc(COc2ccc(Cl)c(C)c2)o1. The van der Waals surface area contributed by atoms with Crippen molar-refractivity contribution in [1.29, 1.82) is 0 Å². The van der Waals surface area contributed by atoms with Crippen molar-refractivity contribution in [3.63, 3.8) is 0 Å². The van der Waals surface area contributed by atoms with Crippen molar-refractivity contribution in [1.82, 2.24) is 15.1 Å². The molecule has 2 heterocycles. The highest BCUT2D eigenvalue weighted by atomic mass is 35.5. The lowest BCUT2D eigenvalue weighted by molar-refractivity contribution is 0.0906. The van der Waals surface area contributed by atoms with Gasteiger partial charge in [-0.2, -0.15) is 5.10 Å². The highest BCUT2D eigenvalue weighted by Gasteiger charge is 2.17. The number of nitrogens with one attached hydrogen (secondary N) is 1. The maximum absolute atomic E-state index is 12.4. The second-order valence-corrected chi connectivity index (χ2v) is 6.64. The lowest BCUT2D eigenvalue weighted by Crippen LogP contribution is -2.28. The van der Waals surface area contributed by atoms with Crippen molar-refractivity contribution in [2.24, 2.45) is 0 Å². The molecule has 3 rings (SSSR count). The molecule has 3 aromatic rings. The first-order chi connectivity index (χ1) is 13.0. The lowest BCUT2D eigenvalue weighted by Gasteiger charge is -2.14. The van der Waals surface area contributed by atoms with Crippen molar-refractivity contribution in [3.05, 3.63) is 70.4 Å². The Morgan fingerprint density at radius 1 is 1.33 bits per heavy atom. The molecule has 1 amide bonds. The van der Waals surface area contributed by atoms with Crippen LogP contribution in [-0.4, -0.2) is 15.7 Å². The van der Waals surface area contributed by atoms with Gasteiger partial charge in [0.15, 0.2) is 5.76 Å². The fraction of sp³-hybridized carbons (Fsp3) is 0.300. The summed E-state index contributed by atoms with van der Waals surface area (Å²) in [5.41, 5.74) is 1.88. The van der Waals surface area contributed by atoms with Crippen LogP contribution < -0.4 is 10.1 Å². The number of amides is 1. The molecule has 0 aliphatic heterocycles. The zero-order chi connectivity index (χ0) is 19.4. The van der Waals surface area contributed by atoms with Gasteiger partial charge in [-0.3, -0.25) is 9.48 Å². The summed E-state index contributed by atoms with van der Waals surface area (Å²) in [5.74, 6) is 1.23. The number of nitrogens with zero attached hydrogens (tertiary/aromatic N) is 2. The molecule has 1 aromatic carbocycles. The van der Waals surface area contributed by atoms with Gasteiger partial charge in [0.2, 0.25) is 0 Å². The summed E-state index contributed by atoms with van der Waals surface area (Å²) in [6.07, 6.45) is 1.72. The van der Waals surface area contributed by atoms with E-state index in [0.717, 1.165) is 17.8 Å². The molecule has 1 N–H and O–H groups in total. The Balaban J connectivity index is 1.59. The zero-order valence-electron chi connectivity index (χ0n) is 15.5. The van der Waals surface area contributed by atoms with E-state index in [9.17, 15) is 4.79 Å². The van der Waals surface area contributed by atoms with Crippen LogP contribution in [0.3, 0.4) is 0 Å². The maximum Gasteiger partial charge on any atom is 0.287 e. The number of carbonyl (C=O) groups is 1. The van der Waals surface area contributed by atoms with E-state index in [1.165, 1.54) is 0 Å². The predicted octanol–water partition coefficient (Wildman–Crippen LogP) is 4.53. The minimum atomic E-state index is -0.278. The Bertz CT molecular complexity index is 932. The van der Waals surface area contributed by atoms with Gasteiger partial charge in [0.25, 0.3) is 5.91 Å². The third kappa shape index (κ3) is 4.52. The Morgan fingerprint density at radius 2 is 2.15 bits per heavy atom. The third-order valence-corrected chi connectivity index (χ3v) is 4.66. The van der Waals surface area contributed by atoms with E-state index >= 15 is 0 Å². The van der Waals surface area contributed by atoms with Gasteiger partial charge in [-0.15, -0.1) is 0 Å². The molecule has 0 spiro atoms. The molecule has 7 heteroatoms. The van der Waals surface area contributed by atoms with Crippen LogP contribution >= 0.6 is 11.6 Å². The molecule has 1 atom stereocenters. The molecule has 0 saturated heterocycles. The van der Waals surface area contributed by atoms with Crippen molar-refractivity contribution in [2.75, 3.05) is 0 Å². The van der Waals surface area contributed by atoms with Crippen molar-refractivity contribution >= 4 is 17.5 Å². The minimum absolute atomic E-state index is 0.179. The predicted molar refractivity (Wildman–Crippen MR) is 103 cm³/mol. The number of furan rings is 1. The number of rotatable bonds is 7. The normalized spacial score (nSPS) is 12.0. The second-order valence-electron chi connectivity index (χ2n) is 6.23. The first-order valence-corrected chi connectivity index (χ1v) is 9.16. The van der Waals surface area contributed by atoms with Crippen molar-refractivity contribution < 1.29 is 13.9 Å². The Labute approximate surface area is 163 Å². The molecule has 142 valence electrons. The fourth-order valence-electron chi connectivity index (χ4n) is 2.76. The number of hydrogen-bond acceptors (Lipinski definition) is 4. The zero-order valence-corrected chi connectivity index (χ0v) is 16.3. The number of aryl methyl sites for hydroxylation is 2. The van der Waals surface area contributed by atoms with E-state index in [0.29, 0.717) is 16.5 Å². The lowest BCUT2D eigenvalue weighted by atomic mass is 10.2. The van der Waals surface area contributed by atoms with Gasteiger partial charge in [-0.05, 0) is 62.7 Å². The number of benzene rings is 1. The third-order valence-electron chi connectivity index (χ3n) is 4.24. The summed E-state index contributed by atoms with van der Waals surface area (Å²) in [6, 6.07) is 10.5. The highest BCUT2D eigenvalue weighted by molar-refractivity contribution is 6.31. The molecule has 2 aromatic heterocycles. The first kappa shape index (κ1) is 19.0. The van der Waals surface area contributed by atoms with Gasteiger partial charge in [0, 0.05) is 17.8 Å². The minimum Gasteiger partial charge on any atom is -0.486 e. The Hall–Kier alpha value is -2.73. The molecule has 27 heavy (non-hydrogen) atoms. The highest BCUT2D eigenvalue weighted by Crippen LogP contribution is 2.22. The van der Waals surface area contributed by atoms with Gasteiger partial charge in [0.1, 0.15) is 18.1 Å². The second kappa shape index (κ2) is 8.31. The van der Waals surface area contributed by atoms with Gasteiger partial charge >= 0.3 is 0 Å². The monoisotopic (exact) mass is 387 g/mol. The van der Waals surface area contributed by atoms with E-state index in [1.807, 2.05) is 37.6 Å². The molecule has 0 radical (unpaired) electrons. The number of halogens is 1. The molecule has 0 fully saturated rings. The number of ether oxygens (including phenoxy) is 1. The van der Waals surface area contributed by atoms with Gasteiger partial charge < -0.3 is 14.5 Å². The standard InChI is InChI=1S/C20H22ClN3O3/c1-4-24-18(9-10-22-24)14(3)23-20(25)19-8-6-16(27-19)12-26-15-5-7-17(21)13(2)11-15/h5-11,14H,4,12H2,1-3H3,(H,23,25). The van der Waals surface area contributed by atoms with E-state index in [2.05, 4.69) is 10.4 Å². The van der Waals surface area contributed by atoms with E-state index in [4.69, 9.17) is 20.8 Å². The summed E-state index contributed by atoms with van der Waals surface area (Å²) in [7, 11) is 0. The number of hydrogen-bond donors (Lipinski definition) is 1. The van der Waals surface area contributed by atoms with E-state index < -0.39 is 0 Å². The smallest absolute Gasteiger partial charge is 0.287 e. The van der Waals surface area contributed by atoms with E-state index in [1.54, 1.807) is 30.5 Å². The van der Waals surface area contributed by atoms with Crippen LogP contribution in [0, 0.1) is 6.92 Å². The molecule has 0 bridgehead atoms. The maximum atomic E-state index is 12.4. The van der Waals surface area contributed by atoms with Crippen LogP contribution in [0.4, 0.5) is 0 Å². The fourth-order valence-corrected chi connectivity index (χ4v) is 2.87. The van der Waals surface area contributed by atoms with Crippen LogP contribution in [-0.2, 0) is 13.2 Å². The van der Waals surface area contributed by atoms with Crippen LogP contribution in [0.15, 0.2) is 47.0 Å².